The molecule has 1 aromatic heterocycles. The van der Waals surface area contributed by atoms with Crippen LogP contribution in [0.15, 0.2) is 4.21 Å². The summed E-state index contributed by atoms with van der Waals surface area (Å²) in [5, 5.41) is 9.00. The maximum atomic E-state index is 11.9. The predicted octanol–water partition coefficient (Wildman–Crippen LogP) is 0.391. The third-order valence-corrected chi connectivity index (χ3v) is 5.27. The van der Waals surface area contributed by atoms with E-state index in [1.165, 1.54) is 7.11 Å². The van der Waals surface area contributed by atoms with Gasteiger partial charge in [-0.05, 0) is 6.92 Å². The number of ether oxygens (including phenoxy) is 1. The van der Waals surface area contributed by atoms with Crippen LogP contribution in [0, 0.1) is 6.92 Å². The van der Waals surface area contributed by atoms with Gasteiger partial charge in [0.05, 0.1) is 24.9 Å². The summed E-state index contributed by atoms with van der Waals surface area (Å²) in [6, 6.07) is -0.690. The van der Waals surface area contributed by atoms with E-state index in [4.69, 9.17) is 21.4 Å². The van der Waals surface area contributed by atoms with Crippen molar-refractivity contribution in [3.8, 4) is 0 Å². The van der Waals surface area contributed by atoms with Gasteiger partial charge in [-0.2, -0.15) is 0 Å². The van der Waals surface area contributed by atoms with Gasteiger partial charge in [-0.25, -0.2) is 18.1 Å². The summed E-state index contributed by atoms with van der Waals surface area (Å²) in [6.45, 7) is 1.29. The van der Waals surface area contributed by atoms with Gasteiger partial charge >= 0.3 is 0 Å². The number of hydrogen-bond donors (Lipinski definition) is 2. The van der Waals surface area contributed by atoms with Crippen LogP contribution < -0.4 is 4.72 Å². The lowest BCUT2D eigenvalue weighted by Crippen LogP contribution is -2.40. The molecule has 0 saturated heterocycles. The summed E-state index contributed by atoms with van der Waals surface area (Å²) < 4.78 is 31.2. The van der Waals surface area contributed by atoms with Crippen LogP contribution >= 0.6 is 22.9 Å². The van der Waals surface area contributed by atoms with E-state index < -0.39 is 16.1 Å². The standard InChI is InChI=1S/C8H13ClN2O4S2/c1-5-7(16-8(9)10-5)17(13,14)11-6(3-12)4-15-2/h6,11-12H,3-4H2,1-2H3. The number of nitrogens with one attached hydrogen (secondary N) is 1. The van der Waals surface area contributed by atoms with Crippen molar-refractivity contribution >= 4 is 33.0 Å². The number of halogens is 1. The van der Waals surface area contributed by atoms with Crippen molar-refractivity contribution in [3.05, 3.63) is 10.2 Å². The maximum Gasteiger partial charge on any atom is 0.252 e. The third kappa shape index (κ3) is 3.87. The average Bonchev–Trinajstić information content (AvgIpc) is 2.57. The number of aromatic nitrogens is 1. The largest absolute Gasteiger partial charge is 0.395 e. The molecule has 0 aliphatic carbocycles. The normalized spacial score (nSPS) is 13.9. The fourth-order valence-electron chi connectivity index (χ4n) is 1.20. The van der Waals surface area contributed by atoms with E-state index in [0.717, 1.165) is 11.3 Å². The number of thiazole rings is 1. The molecule has 0 aromatic carbocycles. The topological polar surface area (TPSA) is 88.5 Å². The molecule has 1 heterocycles. The molecule has 0 radical (unpaired) electrons. The van der Waals surface area contributed by atoms with Crippen LogP contribution in [0.5, 0.6) is 0 Å². The lowest BCUT2D eigenvalue weighted by Gasteiger charge is -2.14. The smallest absolute Gasteiger partial charge is 0.252 e. The first-order chi connectivity index (χ1) is 7.90. The fourth-order valence-corrected chi connectivity index (χ4v) is 4.17. The van der Waals surface area contributed by atoms with Crippen LogP contribution in [-0.2, 0) is 14.8 Å². The van der Waals surface area contributed by atoms with Gasteiger partial charge < -0.3 is 9.84 Å². The van der Waals surface area contributed by atoms with Crippen molar-refractivity contribution in [1.82, 2.24) is 9.71 Å². The van der Waals surface area contributed by atoms with Crippen LogP contribution in [-0.4, -0.2) is 44.9 Å². The second-order valence-electron chi connectivity index (χ2n) is 3.30. The van der Waals surface area contributed by atoms with Crippen molar-refractivity contribution in [3.63, 3.8) is 0 Å². The molecule has 98 valence electrons. The molecule has 0 aliphatic rings. The van der Waals surface area contributed by atoms with Gasteiger partial charge in [0.1, 0.15) is 0 Å². The summed E-state index contributed by atoms with van der Waals surface area (Å²) in [7, 11) is -2.30. The van der Waals surface area contributed by atoms with E-state index in [9.17, 15) is 8.42 Å². The average molecular weight is 301 g/mol. The Morgan fingerprint density at radius 1 is 1.65 bits per heavy atom. The summed E-state index contributed by atoms with van der Waals surface area (Å²) in [5.41, 5.74) is 0.335. The number of sulfonamides is 1. The SMILES string of the molecule is COCC(CO)NS(=O)(=O)c1sc(Cl)nc1C. The molecule has 17 heavy (non-hydrogen) atoms. The van der Waals surface area contributed by atoms with Crippen LogP contribution in [0.25, 0.3) is 0 Å². The van der Waals surface area contributed by atoms with Gasteiger partial charge in [0.2, 0.25) is 0 Å². The summed E-state index contributed by atoms with van der Waals surface area (Å²) >= 11 is 6.52. The van der Waals surface area contributed by atoms with Crippen LogP contribution in [0.4, 0.5) is 0 Å². The summed E-state index contributed by atoms with van der Waals surface area (Å²) in [5.74, 6) is 0. The summed E-state index contributed by atoms with van der Waals surface area (Å²) in [4.78, 5) is 3.83. The van der Waals surface area contributed by atoms with E-state index in [-0.39, 0.29) is 21.9 Å². The molecule has 1 rings (SSSR count). The molecule has 6 nitrogen and oxygen atoms in total. The number of hydrogen-bond acceptors (Lipinski definition) is 6. The second-order valence-corrected chi connectivity index (χ2v) is 6.79. The number of methoxy groups -OCH3 is 1. The van der Waals surface area contributed by atoms with Crippen LogP contribution in [0.1, 0.15) is 5.69 Å². The molecule has 0 bridgehead atoms. The molecule has 1 aromatic rings. The van der Waals surface area contributed by atoms with E-state index in [1.54, 1.807) is 6.92 Å². The molecule has 1 atom stereocenters. The second kappa shape index (κ2) is 6.07. The first-order valence-electron chi connectivity index (χ1n) is 4.65. The molecular formula is C8H13ClN2O4S2. The van der Waals surface area contributed by atoms with Gasteiger partial charge in [0, 0.05) is 7.11 Å². The molecule has 0 amide bonds. The van der Waals surface area contributed by atoms with Gasteiger partial charge in [-0.15, -0.1) is 0 Å². The highest BCUT2D eigenvalue weighted by Gasteiger charge is 2.24. The first kappa shape index (κ1) is 14.8. The zero-order valence-corrected chi connectivity index (χ0v) is 11.7. The molecule has 1 unspecified atom stereocenters. The number of aliphatic hydroxyl groups excluding tert-OH is 1. The molecule has 9 heteroatoms. The minimum absolute atomic E-state index is 0.0528. The highest BCUT2D eigenvalue weighted by Crippen LogP contribution is 2.26. The molecule has 2 N–H and O–H groups in total. The molecule has 0 spiro atoms. The van der Waals surface area contributed by atoms with Crippen LogP contribution in [0.2, 0.25) is 4.47 Å². The Morgan fingerprint density at radius 2 is 2.29 bits per heavy atom. The Morgan fingerprint density at radius 3 is 2.71 bits per heavy atom. The van der Waals surface area contributed by atoms with Crippen molar-refractivity contribution in [1.29, 1.82) is 0 Å². The van der Waals surface area contributed by atoms with Gasteiger partial charge in [0.15, 0.2) is 8.68 Å². The van der Waals surface area contributed by atoms with E-state index in [0.29, 0.717) is 5.69 Å². The Labute approximate surface area is 109 Å². The van der Waals surface area contributed by atoms with Gasteiger partial charge in [0.25, 0.3) is 10.0 Å². The quantitative estimate of drug-likeness (QED) is 0.793. The van der Waals surface area contributed by atoms with Gasteiger partial charge in [-0.3, -0.25) is 0 Å². The van der Waals surface area contributed by atoms with E-state index in [1.807, 2.05) is 0 Å². The predicted molar refractivity (Wildman–Crippen MR) is 64.9 cm³/mol. The lowest BCUT2D eigenvalue weighted by atomic mass is 10.4. The number of aliphatic hydroxyl groups is 1. The summed E-state index contributed by atoms with van der Waals surface area (Å²) in [6.07, 6.45) is 0. The maximum absolute atomic E-state index is 11.9. The number of nitrogens with zero attached hydrogens (tertiary/aromatic N) is 1. The van der Waals surface area contributed by atoms with E-state index in [2.05, 4.69) is 9.71 Å². The Hall–Kier alpha value is -0.250. The fraction of sp³-hybridized carbons (Fsp3) is 0.625. The highest BCUT2D eigenvalue weighted by atomic mass is 35.5. The molecule has 0 fully saturated rings. The minimum atomic E-state index is -3.72. The van der Waals surface area contributed by atoms with Crippen molar-refractivity contribution in [2.24, 2.45) is 0 Å². The van der Waals surface area contributed by atoms with Crippen molar-refractivity contribution in [2.75, 3.05) is 20.3 Å². The lowest BCUT2D eigenvalue weighted by molar-refractivity contribution is 0.139. The highest BCUT2D eigenvalue weighted by molar-refractivity contribution is 7.91. The first-order valence-corrected chi connectivity index (χ1v) is 7.33. The Kier molecular flexibility index (Phi) is 5.29. The Balaban J connectivity index is 2.92. The zero-order chi connectivity index (χ0) is 13.1. The number of rotatable bonds is 6. The molecular weight excluding hydrogens is 288 g/mol. The zero-order valence-electron chi connectivity index (χ0n) is 9.31. The van der Waals surface area contributed by atoms with Crippen molar-refractivity contribution < 1.29 is 18.3 Å². The molecule has 0 saturated carbocycles. The molecule has 0 aliphatic heterocycles. The number of aryl methyl sites for hydroxylation is 1. The van der Waals surface area contributed by atoms with E-state index >= 15 is 0 Å². The van der Waals surface area contributed by atoms with Gasteiger partial charge in [-0.1, -0.05) is 22.9 Å². The van der Waals surface area contributed by atoms with Crippen molar-refractivity contribution in [2.45, 2.75) is 17.2 Å². The van der Waals surface area contributed by atoms with Crippen LogP contribution in [0.3, 0.4) is 0 Å². The Bertz CT molecular complexity index is 474. The minimum Gasteiger partial charge on any atom is -0.395 e. The monoisotopic (exact) mass is 300 g/mol. The third-order valence-electron chi connectivity index (χ3n) is 1.88.